The summed E-state index contributed by atoms with van der Waals surface area (Å²) >= 11 is 0. The van der Waals surface area contributed by atoms with E-state index in [2.05, 4.69) is 25.6 Å². The van der Waals surface area contributed by atoms with Crippen LogP contribution in [0.4, 0.5) is 17.2 Å². The molecule has 3 heterocycles. The van der Waals surface area contributed by atoms with E-state index in [-0.39, 0.29) is 12.3 Å². The molecule has 1 saturated heterocycles. The molecule has 0 radical (unpaired) electrons. The average molecular weight is 491 g/mol. The lowest BCUT2D eigenvalue weighted by Crippen LogP contribution is -2.33. The van der Waals surface area contributed by atoms with Crippen LogP contribution >= 0.6 is 0 Å². The first kappa shape index (κ1) is 23.8. The zero-order valence-electron chi connectivity index (χ0n) is 19.4. The first-order valence-electron chi connectivity index (χ1n) is 11.5. The van der Waals surface area contributed by atoms with Crippen molar-refractivity contribution in [3.05, 3.63) is 72.3 Å². The van der Waals surface area contributed by atoms with Crippen LogP contribution < -0.4 is 10.6 Å². The second-order valence-corrected chi connectivity index (χ2v) is 8.64. The molecule has 0 saturated carbocycles. The van der Waals surface area contributed by atoms with Gasteiger partial charge >= 0.3 is 0 Å². The van der Waals surface area contributed by atoms with Gasteiger partial charge in [0, 0.05) is 11.4 Å². The van der Waals surface area contributed by atoms with Crippen LogP contribution in [-0.2, 0) is 16.0 Å². The Morgan fingerprint density at radius 2 is 1.83 bits per heavy atom. The Labute approximate surface area is 206 Å². The van der Waals surface area contributed by atoms with Crippen molar-refractivity contribution < 1.29 is 24.9 Å². The standard InChI is InChI=1S/C25H26N6O5/c1-14-4-2-3-5-17(14)30-19(33)10-15-6-8-16(9-7-15)29-23-20-24(27-12-26-23)31(13-28-20)25-22(35)21(34)18(11-32)36-25/h2-9,12-13,18,21-22,25,32,34-35H,10-11H2,1H3,(H,30,33)(H,26,27,29)/t18-,21-,22-,25?/m1/s1. The lowest BCUT2D eigenvalue weighted by molar-refractivity contribution is -0.115. The van der Waals surface area contributed by atoms with Gasteiger partial charge in [0.2, 0.25) is 5.91 Å². The van der Waals surface area contributed by atoms with Crippen LogP contribution in [0.15, 0.2) is 61.2 Å². The minimum atomic E-state index is -1.25. The fourth-order valence-corrected chi connectivity index (χ4v) is 4.18. The summed E-state index contributed by atoms with van der Waals surface area (Å²) in [6.07, 6.45) is -1.29. The number of imidazole rings is 1. The number of amides is 1. The number of aryl methyl sites for hydroxylation is 1. The van der Waals surface area contributed by atoms with Gasteiger partial charge in [-0.3, -0.25) is 9.36 Å². The van der Waals surface area contributed by atoms with Crippen molar-refractivity contribution in [2.75, 3.05) is 17.2 Å². The quantitative estimate of drug-likeness (QED) is 0.260. The first-order valence-corrected chi connectivity index (χ1v) is 11.5. The van der Waals surface area contributed by atoms with Crippen molar-refractivity contribution in [2.24, 2.45) is 0 Å². The maximum atomic E-state index is 12.4. The van der Waals surface area contributed by atoms with E-state index in [1.54, 1.807) is 0 Å². The summed E-state index contributed by atoms with van der Waals surface area (Å²) in [7, 11) is 0. The van der Waals surface area contributed by atoms with Gasteiger partial charge in [-0.15, -0.1) is 0 Å². The van der Waals surface area contributed by atoms with E-state index in [4.69, 9.17) is 4.74 Å². The van der Waals surface area contributed by atoms with Crippen LogP contribution in [0.5, 0.6) is 0 Å². The molecule has 1 aliphatic heterocycles. The number of ether oxygens (including phenoxy) is 1. The van der Waals surface area contributed by atoms with Crippen LogP contribution in [-0.4, -0.2) is 65.7 Å². The van der Waals surface area contributed by atoms with E-state index >= 15 is 0 Å². The van der Waals surface area contributed by atoms with Crippen molar-refractivity contribution in [1.82, 2.24) is 19.5 Å². The van der Waals surface area contributed by atoms with Gasteiger partial charge in [0.1, 0.15) is 24.6 Å². The second-order valence-electron chi connectivity index (χ2n) is 8.64. The Hall–Kier alpha value is -3.90. The zero-order chi connectivity index (χ0) is 25.2. The Bertz CT molecular complexity index is 1380. The highest BCUT2D eigenvalue weighted by Gasteiger charge is 2.44. The van der Waals surface area contributed by atoms with Gasteiger partial charge in [-0.2, -0.15) is 0 Å². The predicted molar refractivity (Wildman–Crippen MR) is 132 cm³/mol. The maximum absolute atomic E-state index is 12.4. The average Bonchev–Trinajstić information content (AvgIpc) is 3.43. The summed E-state index contributed by atoms with van der Waals surface area (Å²) in [5.74, 6) is 0.341. The van der Waals surface area contributed by atoms with Gasteiger partial charge in [0.05, 0.1) is 19.4 Å². The third-order valence-electron chi connectivity index (χ3n) is 6.15. The van der Waals surface area contributed by atoms with Gasteiger partial charge < -0.3 is 30.7 Å². The summed E-state index contributed by atoms with van der Waals surface area (Å²) in [6.45, 7) is 1.52. The molecule has 0 spiro atoms. The number of anilines is 3. The van der Waals surface area contributed by atoms with E-state index in [9.17, 15) is 20.1 Å². The lowest BCUT2D eigenvalue weighted by Gasteiger charge is -2.16. The van der Waals surface area contributed by atoms with E-state index in [0.29, 0.717) is 17.0 Å². The molecule has 2 aromatic carbocycles. The highest BCUT2D eigenvalue weighted by atomic mass is 16.6. The van der Waals surface area contributed by atoms with Crippen LogP contribution in [0.2, 0.25) is 0 Å². The Balaban J connectivity index is 1.29. The highest BCUT2D eigenvalue weighted by molar-refractivity contribution is 5.93. The van der Waals surface area contributed by atoms with Crippen LogP contribution in [0.1, 0.15) is 17.4 Å². The van der Waals surface area contributed by atoms with Gasteiger partial charge in [-0.1, -0.05) is 30.3 Å². The van der Waals surface area contributed by atoms with Crippen LogP contribution in [0.25, 0.3) is 11.2 Å². The van der Waals surface area contributed by atoms with E-state index in [0.717, 1.165) is 22.5 Å². The Kier molecular flexibility index (Phi) is 6.61. The number of carbonyl (C=O) groups excluding carboxylic acids is 1. The summed E-state index contributed by atoms with van der Waals surface area (Å²) in [5.41, 5.74) is 4.23. The smallest absolute Gasteiger partial charge is 0.228 e. The molecule has 5 N–H and O–H groups in total. The number of hydrogen-bond acceptors (Lipinski definition) is 9. The monoisotopic (exact) mass is 490 g/mol. The molecule has 36 heavy (non-hydrogen) atoms. The van der Waals surface area contributed by atoms with E-state index < -0.39 is 31.1 Å². The normalized spacial score (nSPS) is 21.6. The van der Waals surface area contributed by atoms with Crippen LogP contribution in [0.3, 0.4) is 0 Å². The molecule has 1 aliphatic rings. The number of para-hydroxylation sites is 1. The summed E-state index contributed by atoms with van der Waals surface area (Å²) in [6, 6.07) is 15.0. The minimum Gasteiger partial charge on any atom is -0.394 e. The molecule has 11 heteroatoms. The van der Waals surface area contributed by atoms with Crippen molar-refractivity contribution in [1.29, 1.82) is 0 Å². The molecule has 5 rings (SSSR count). The van der Waals surface area contributed by atoms with Gasteiger partial charge in [0.25, 0.3) is 0 Å². The molecular formula is C25H26N6O5. The van der Waals surface area contributed by atoms with Crippen LogP contribution in [0, 0.1) is 6.92 Å². The SMILES string of the molecule is Cc1ccccc1NC(=O)Cc1ccc(Nc2ncnc3c2ncn3C2O[C@H](CO)[C@@H](O)[C@H]2O)cc1. The fraction of sp³-hybridized carbons (Fsp3) is 0.280. The minimum absolute atomic E-state index is 0.0991. The van der Waals surface area contributed by atoms with Gasteiger partial charge in [-0.05, 0) is 36.2 Å². The van der Waals surface area contributed by atoms with E-state index in [1.807, 2.05) is 55.5 Å². The number of nitrogens with one attached hydrogen (secondary N) is 2. The molecule has 4 atom stereocenters. The molecule has 1 unspecified atom stereocenters. The summed E-state index contributed by atoms with van der Waals surface area (Å²) in [5, 5.41) is 35.9. The molecule has 2 aromatic heterocycles. The molecule has 0 bridgehead atoms. The number of rotatable bonds is 7. The zero-order valence-corrected chi connectivity index (χ0v) is 19.4. The number of aromatic nitrogens is 4. The van der Waals surface area contributed by atoms with Crippen molar-refractivity contribution in [3.63, 3.8) is 0 Å². The maximum Gasteiger partial charge on any atom is 0.228 e. The second kappa shape index (κ2) is 9.99. The molecule has 1 amide bonds. The first-order chi connectivity index (χ1) is 17.4. The number of aliphatic hydroxyl groups is 3. The highest BCUT2D eigenvalue weighted by Crippen LogP contribution is 2.32. The molecule has 186 valence electrons. The molecule has 11 nitrogen and oxygen atoms in total. The van der Waals surface area contributed by atoms with Gasteiger partial charge in [0.15, 0.2) is 23.2 Å². The molecular weight excluding hydrogens is 464 g/mol. The largest absolute Gasteiger partial charge is 0.394 e. The van der Waals surface area contributed by atoms with Crippen molar-refractivity contribution in [3.8, 4) is 0 Å². The van der Waals surface area contributed by atoms with Crippen molar-refractivity contribution in [2.45, 2.75) is 37.9 Å². The number of nitrogens with zero attached hydrogens (tertiary/aromatic N) is 4. The number of benzene rings is 2. The van der Waals surface area contributed by atoms with E-state index in [1.165, 1.54) is 17.2 Å². The molecule has 1 fully saturated rings. The van der Waals surface area contributed by atoms with Crippen molar-refractivity contribution >= 4 is 34.3 Å². The number of hydrogen-bond donors (Lipinski definition) is 5. The summed E-state index contributed by atoms with van der Waals surface area (Å²) in [4.78, 5) is 25.3. The topological polar surface area (TPSA) is 155 Å². The lowest BCUT2D eigenvalue weighted by atomic mass is 10.1. The summed E-state index contributed by atoms with van der Waals surface area (Å²) < 4.78 is 7.10. The predicted octanol–water partition coefficient (Wildman–Crippen LogP) is 1.67. The van der Waals surface area contributed by atoms with Gasteiger partial charge in [-0.25, -0.2) is 15.0 Å². The number of fused-ring (bicyclic) bond motifs is 1. The molecule has 4 aromatic rings. The Morgan fingerprint density at radius 1 is 1.06 bits per heavy atom. The third kappa shape index (κ3) is 4.64. The number of aliphatic hydroxyl groups excluding tert-OH is 3. The molecule has 0 aliphatic carbocycles. The fourth-order valence-electron chi connectivity index (χ4n) is 4.18. The number of carbonyl (C=O) groups is 1. The third-order valence-corrected chi connectivity index (χ3v) is 6.15. The Morgan fingerprint density at radius 3 is 2.56 bits per heavy atom.